The summed E-state index contributed by atoms with van der Waals surface area (Å²) >= 11 is 0. The quantitative estimate of drug-likeness (QED) is 0.626. The highest BCUT2D eigenvalue weighted by molar-refractivity contribution is 7.75. The van der Waals surface area contributed by atoms with Crippen LogP contribution in [0.2, 0.25) is 0 Å². The molecule has 0 aromatic heterocycles. The molecule has 0 atom stereocenters. The Kier molecular flexibility index (Phi) is 8.12. The topological polar surface area (TPSA) is 73.5 Å². The first kappa shape index (κ1) is 22.8. The van der Waals surface area contributed by atoms with Gasteiger partial charge < -0.3 is 13.5 Å². The Balaban J connectivity index is 2.28. The lowest BCUT2D eigenvalue weighted by atomic mass is 9.88. The second-order valence-electron chi connectivity index (χ2n) is 7.62. The number of hydrogen-bond donors (Lipinski definition) is 0. The van der Waals surface area contributed by atoms with Gasteiger partial charge in [0.25, 0.3) is 0 Å². The lowest BCUT2D eigenvalue weighted by Gasteiger charge is -2.17. The molecule has 0 heterocycles. The molecule has 0 aliphatic heterocycles. The summed E-state index contributed by atoms with van der Waals surface area (Å²) in [6.45, 7) is 6.86. The van der Waals surface area contributed by atoms with E-state index in [0.29, 0.717) is 16.9 Å². The third-order valence-corrected chi connectivity index (χ3v) is 5.69. The van der Waals surface area contributed by atoms with E-state index >= 15 is 0 Å². The zero-order chi connectivity index (χ0) is 21.6. The highest BCUT2D eigenvalue weighted by Crippen LogP contribution is 2.26. The summed E-state index contributed by atoms with van der Waals surface area (Å²) in [4.78, 5) is 15.1. The Morgan fingerprint density at radius 2 is 1.86 bits per heavy atom. The van der Waals surface area contributed by atoms with E-state index in [0.717, 1.165) is 28.8 Å². The molecule has 0 fully saturated rings. The first-order valence-corrected chi connectivity index (χ1v) is 10.8. The normalized spacial score (nSPS) is 12.3. The first-order valence-electron chi connectivity index (χ1n) is 9.71. The fourth-order valence-electron chi connectivity index (χ4n) is 3.27. The maximum absolute atomic E-state index is 12.6. The van der Waals surface area contributed by atoms with Crippen LogP contribution < -0.4 is 0 Å². The van der Waals surface area contributed by atoms with Gasteiger partial charge in [0, 0.05) is 6.54 Å². The molecule has 0 saturated heterocycles. The molecular formula is C23H28N3O2S-. The Morgan fingerprint density at radius 3 is 2.38 bits per heavy atom. The van der Waals surface area contributed by atoms with Crippen LogP contribution in [-0.2, 0) is 39.0 Å². The van der Waals surface area contributed by atoms with Crippen LogP contribution in [0.5, 0.6) is 0 Å². The van der Waals surface area contributed by atoms with Gasteiger partial charge in [-0.05, 0) is 60.8 Å². The van der Waals surface area contributed by atoms with E-state index in [1.165, 1.54) is 0 Å². The third-order valence-electron chi connectivity index (χ3n) is 4.65. The van der Waals surface area contributed by atoms with E-state index in [9.17, 15) is 14.3 Å². The number of carbonyl (C=O) groups is 1. The van der Waals surface area contributed by atoms with Crippen molar-refractivity contribution in [3.8, 4) is 6.07 Å². The molecule has 29 heavy (non-hydrogen) atoms. The molecule has 0 radical (unpaired) electrons. The predicted molar refractivity (Wildman–Crippen MR) is 116 cm³/mol. The van der Waals surface area contributed by atoms with Gasteiger partial charge in [0.1, 0.15) is 0 Å². The minimum Gasteiger partial charge on any atom is -0.440 e. The summed E-state index contributed by atoms with van der Waals surface area (Å²) in [5, 5.41) is 9.27. The molecule has 6 heteroatoms. The van der Waals surface area contributed by atoms with E-state index in [2.05, 4.69) is 15.3 Å². The molecule has 2 aromatic rings. The van der Waals surface area contributed by atoms with Crippen molar-refractivity contribution in [3.63, 3.8) is 0 Å². The molecule has 0 spiro atoms. The van der Waals surface area contributed by atoms with Gasteiger partial charge >= 0.3 is 0 Å². The molecule has 0 bridgehead atoms. The minimum atomic E-state index is -1.73. The Labute approximate surface area is 175 Å². The van der Waals surface area contributed by atoms with Crippen LogP contribution in [0, 0.1) is 11.3 Å². The van der Waals surface area contributed by atoms with Crippen molar-refractivity contribution >= 4 is 16.5 Å². The van der Waals surface area contributed by atoms with E-state index in [4.69, 9.17) is 0 Å². The maximum atomic E-state index is 12.6. The van der Waals surface area contributed by atoms with Gasteiger partial charge in [-0.15, -0.1) is 0 Å². The van der Waals surface area contributed by atoms with E-state index in [-0.39, 0.29) is 12.3 Å². The molecule has 0 unspecified atom stereocenters. The van der Waals surface area contributed by atoms with Crippen LogP contribution in [0.1, 0.15) is 54.5 Å². The molecule has 0 aliphatic carbocycles. The predicted octanol–water partition coefficient (Wildman–Crippen LogP) is 4.58. The molecular weight excluding hydrogens is 382 g/mol. The zero-order valence-electron chi connectivity index (χ0n) is 17.7. The van der Waals surface area contributed by atoms with Crippen molar-refractivity contribution < 1.29 is 9.00 Å². The second-order valence-corrected chi connectivity index (χ2v) is 8.77. The number of rotatable bonds is 7. The van der Waals surface area contributed by atoms with Gasteiger partial charge in [0.15, 0.2) is 0 Å². The third kappa shape index (κ3) is 6.25. The molecule has 5 nitrogen and oxygen atoms in total. The van der Waals surface area contributed by atoms with Gasteiger partial charge in [0.05, 0.1) is 18.1 Å². The first-order chi connectivity index (χ1) is 13.7. The number of benzene rings is 2. The lowest BCUT2D eigenvalue weighted by molar-refractivity contribution is -0.117. The van der Waals surface area contributed by atoms with Gasteiger partial charge in [-0.3, -0.25) is 4.79 Å². The van der Waals surface area contributed by atoms with Crippen LogP contribution in [-0.4, -0.2) is 24.9 Å². The molecule has 2 rings (SSSR count). The fraction of sp³-hybridized carbons (Fsp3) is 0.391. The smallest absolute Gasteiger partial charge is 0.227 e. The largest absolute Gasteiger partial charge is 0.440 e. The number of nitriles is 1. The average molecular weight is 411 g/mol. The highest BCUT2D eigenvalue weighted by Gasteiger charge is 2.15. The summed E-state index contributed by atoms with van der Waals surface area (Å²) in [6, 6.07) is 13.2. The zero-order valence-corrected chi connectivity index (χ0v) is 18.5. The van der Waals surface area contributed by atoms with Crippen molar-refractivity contribution in [2.75, 3.05) is 14.1 Å². The average Bonchev–Trinajstić information content (AvgIpc) is 2.67. The standard InChI is InChI=1S/C23H28N3O2S/c1-6-19-11-18(14-24)12-21(16(2)3)22(19)13-23(27)25-29(28)20-9-7-17(8-10-20)15-26(4)5/h7-12,16H,6,13,15H2,1-5H3/q-1. The summed E-state index contributed by atoms with van der Waals surface area (Å²) in [5.41, 5.74) is 4.54. The summed E-state index contributed by atoms with van der Waals surface area (Å²) in [6.07, 6.45) is 0.807. The number of hydrogen-bond acceptors (Lipinski definition) is 5. The van der Waals surface area contributed by atoms with Crippen molar-refractivity contribution in [3.05, 3.63) is 64.2 Å². The van der Waals surface area contributed by atoms with Crippen LogP contribution >= 0.6 is 0 Å². The second kappa shape index (κ2) is 10.3. The van der Waals surface area contributed by atoms with Crippen molar-refractivity contribution in [1.29, 1.82) is 5.26 Å². The Bertz CT molecular complexity index is 996. The molecule has 154 valence electrons. The van der Waals surface area contributed by atoms with Crippen molar-refractivity contribution in [2.45, 2.75) is 51.0 Å². The van der Waals surface area contributed by atoms with Crippen LogP contribution in [0.15, 0.2) is 45.7 Å². The molecule has 0 saturated carbocycles. The SMILES string of the molecule is CCc1cc(C#N)cc(C(C)C)c1CC(=O)N=[S-](=O)c1ccc(CN(C)C)cc1. The van der Waals surface area contributed by atoms with E-state index in [1.54, 1.807) is 12.1 Å². The van der Waals surface area contributed by atoms with Crippen molar-refractivity contribution in [1.82, 2.24) is 4.90 Å². The van der Waals surface area contributed by atoms with Gasteiger partial charge in [-0.2, -0.15) is 15.9 Å². The lowest BCUT2D eigenvalue weighted by Crippen LogP contribution is -2.10. The molecule has 1 amide bonds. The fourth-order valence-corrected chi connectivity index (χ4v) is 4.00. The highest BCUT2D eigenvalue weighted by atomic mass is 32.2. The van der Waals surface area contributed by atoms with Gasteiger partial charge in [0.2, 0.25) is 5.91 Å². The Hall–Kier alpha value is -2.49. The van der Waals surface area contributed by atoms with Gasteiger partial charge in [-0.1, -0.05) is 49.9 Å². The van der Waals surface area contributed by atoms with Gasteiger partial charge in [-0.25, -0.2) is 0 Å². The molecule has 2 aromatic carbocycles. The maximum Gasteiger partial charge on any atom is 0.227 e. The summed E-state index contributed by atoms with van der Waals surface area (Å²) < 4.78 is 16.4. The van der Waals surface area contributed by atoms with Crippen molar-refractivity contribution in [2.24, 2.45) is 4.36 Å². The molecule has 0 N–H and O–H groups in total. The number of nitrogens with zero attached hydrogens (tertiary/aromatic N) is 3. The molecule has 0 aliphatic rings. The monoisotopic (exact) mass is 410 g/mol. The van der Waals surface area contributed by atoms with Crippen LogP contribution in [0.3, 0.4) is 0 Å². The van der Waals surface area contributed by atoms with Crippen LogP contribution in [0.25, 0.3) is 0 Å². The number of amides is 1. The Morgan fingerprint density at radius 1 is 1.21 bits per heavy atom. The van der Waals surface area contributed by atoms with E-state index < -0.39 is 16.5 Å². The minimum absolute atomic E-state index is 0.0901. The number of aryl methyl sites for hydroxylation is 1. The summed E-state index contributed by atoms with van der Waals surface area (Å²) in [5.74, 6) is -0.242. The van der Waals surface area contributed by atoms with E-state index in [1.807, 2.05) is 59.1 Å². The summed E-state index contributed by atoms with van der Waals surface area (Å²) in [7, 11) is 2.24. The number of carbonyl (C=O) groups excluding carboxylic acids is 1. The van der Waals surface area contributed by atoms with Crippen LogP contribution in [0.4, 0.5) is 0 Å².